The Kier molecular flexibility index (Phi) is 7.49. The number of carbonyl (C=O) groups excluding carboxylic acids is 1. The molecule has 0 saturated carbocycles. The maximum absolute atomic E-state index is 12.1. The SMILES string of the molecule is O=C(CCSc1ccccc1)NCCN1CCN(c2nc3c(Cl)cccc3s2)CC1. The fourth-order valence-electron chi connectivity index (χ4n) is 3.42. The summed E-state index contributed by atoms with van der Waals surface area (Å²) in [5.41, 5.74) is 0.898. The second-order valence-electron chi connectivity index (χ2n) is 7.17. The van der Waals surface area contributed by atoms with Gasteiger partial charge in [-0.1, -0.05) is 47.2 Å². The van der Waals surface area contributed by atoms with Gasteiger partial charge in [0.1, 0.15) is 5.52 Å². The molecule has 1 N–H and O–H groups in total. The van der Waals surface area contributed by atoms with Crippen molar-refractivity contribution in [3.63, 3.8) is 0 Å². The second kappa shape index (κ2) is 10.5. The Bertz CT molecular complexity index is 974. The highest BCUT2D eigenvalue weighted by Gasteiger charge is 2.20. The molecule has 0 bridgehead atoms. The van der Waals surface area contributed by atoms with Gasteiger partial charge >= 0.3 is 0 Å². The number of piperazine rings is 1. The Balaban J connectivity index is 1.14. The molecule has 0 unspecified atom stereocenters. The molecule has 0 atom stereocenters. The van der Waals surface area contributed by atoms with Crippen LogP contribution < -0.4 is 10.2 Å². The quantitative estimate of drug-likeness (QED) is 0.506. The number of fused-ring (bicyclic) bond motifs is 1. The fraction of sp³-hybridized carbons (Fsp3) is 0.364. The topological polar surface area (TPSA) is 48.5 Å². The molecule has 30 heavy (non-hydrogen) atoms. The van der Waals surface area contributed by atoms with E-state index in [1.807, 2.05) is 30.3 Å². The molecule has 1 aliphatic heterocycles. The minimum atomic E-state index is 0.128. The van der Waals surface area contributed by atoms with Crippen molar-refractivity contribution in [3.05, 3.63) is 53.6 Å². The molecule has 0 spiro atoms. The molecule has 1 saturated heterocycles. The van der Waals surface area contributed by atoms with Gasteiger partial charge in [0, 0.05) is 56.3 Å². The number of halogens is 1. The van der Waals surface area contributed by atoms with E-state index in [1.54, 1.807) is 23.1 Å². The van der Waals surface area contributed by atoms with Crippen molar-refractivity contribution in [1.29, 1.82) is 0 Å². The standard InChI is InChI=1S/C22H25ClN4OS2/c23-18-7-4-8-19-21(18)25-22(30-19)27-14-12-26(13-15-27)11-10-24-20(28)9-16-29-17-5-2-1-3-6-17/h1-8H,9-16H2,(H,24,28). The number of aromatic nitrogens is 1. The number of amides is 1. The summed E-state index contributed by atoms with van der Waals surface area (Å²) in [5, 5.41) is 4.81. The van der Waals surface area contributed by atoms with Gasteiger partial charge in [-0.2, -0.15) is 0 Å². The van der Waals surface area contributed by atoms with Gasteiger partial charge in [-0.25, -0.2) is 4.98 Å². The fourth-order valence-corrected chi connectivity index (χ4v) is 5.61. The molecule has 1 fully saturated rings. The number of nitrogens with one attached hydrogen (secondary N) is 1. The summed E-state index contributed by atoms with van der Waals surface area (Å²) in [6, 6.07) is 16.1. The maximum atomic E-state index is 12.1. The van der Waals surface area contributed by atoms with Crippen LogP contribution in [0.5, 0.6) is 0 Å². The summed E-state index contributed by atoms with van der Waals surface area (Å²) in [4.78, 5) is 22.7. The van der Waals surface area contributed by atoms with Crippen molar-refractivity contribution in [2.24, 2.45) is 0 Å². The smallest absolute Gasteiger partial charge is 0.220 e. The van der Waals surface area contributed by atoms with Gasteiger partial charge in [0.15, 0.2) is 5.13 Å². The Morgan fingerprint density at radius 3 is 2.67 bits per heavy atom. The van der Waals surface area contributed by atoms with Crippen molar-refractivity contribution < 1.29 is 4.79 Å². The number of anilines is 1. The summed E-state index contributed by atoms with van der Waals surface area (Å²) in [7, 11) is 0. The molecule has 3 aromatic rings. The number of thiazole rings is 1. The summed E-state index contributed by atoms with van der Waals surface area (Å²) in [5.74, 6) is 0.934. The highest BCUT2D eigenvalue weighted by molar-refractivity contribution is 7.99. The molecular weight excluding hydrogens is 436 g/mol. The van der Waals surface area contributed by atoms with E-state index in [-0.39, 0.29) is 5.91 Å². The summed E-state index contributed by atoms with van der Waals surface area (Å²) < 4.78 is 1.13. The summed E-state index contributed by atoms with van der Waals surface area (Å²) in [6.07, 6.45) is 0.549. The number of rotatable bonds is 8. The first kappa shape index (κ1) is 21.4. The van der Waals surface area contributed by atoms with Gasteiger partial charge in [0.05, 0.1) is 9.72 Å². The Morgan fingerprint density at radius 1 is 1.10 bits per heavy atom. The third kappa shape index (κ3) is 5.66. The number of carbonyl (C=O) groups is 1. The van der Waals surface area contributed by atoms with E-state index in [1.165, 1.54) is 4.90 Å². The molecule has 1 amide bonds. The number of hydrogen-bond acceptors (Lipinski definition) is 6. The van der Waals surface area contributed by atoms with E-state index in [0.29, 0.717) is 18.0 Å². The average Bonchev–Trinajstić information content (AvgIpc) is 3.21. The van der Waals surface area contributed by atoms with Crippen LogP contribution >= 0.6 is 34.7 Å². The van der Waals surface area contributed by atoms with Crippen molar-refractivity contribution in [2.45, 2.75) is 11.3 Å². The van der Waals surface area contributed by atoms with Crippen LogP contribution in [0.4, 0.5) is 5.13 Å². The first-order valence-corrected chi connectivity index (χ1v) is 12.3. The van der Waals surface area contributed by atoms with Crippen molar-refractivity contribution >= 4 is 56.0 Å². The first-order valence-electron chi connectivity index (χ1n) is 10.2. The zero-order valence-corrected chi connectivity index (χ0v) is 19.1. The van der Waals surface area contributed by atoms with Crippen molar-refractivity contribution in [2.75, 3.05) is 49.9 Å². The van der Waals surface area contributed by atoms with Crippen LogP contribution in [0, 0.1) is 0 Å². The maximum Gasteiger partial charge on any atom is 0.220 e. The van der Waals surface area contributed by atoms with Gasteiger partial charge in [-0.15, -0.1) is 11.8 Å². The predicted octanol–water partition coefficient (Wildman–Crippen LogP) is 4.37. The molecule has 1 aliphatic rings. The first-order chi connectivity index (χ1) is 14.7. The van der Waals surface area contributed by atoms with E-state index in [2.05, 4.69) is 33.3 Å². The predicted molar refractivity (Wildman–Crippen MR) is 128 cm³/mol. The highest BCUT2D eigenvalue weighted by atomic mass is 35.5. The molecule has 2 heterocycles. The molecular formula is C22H25ClN4OS2. The van der Waals surface area contributed by atoms with Gasteiger partial charge in [0.25, 0.3) is 0 Å². The average molecular weight is 461 g/mol. The van der Waals surface area contributed by atoms with Gasteiger partial charge in [-0.05, 0) is 24.3 Å². The van der Waals surface area contributed by atoms with Crippen LogP contribution in [-0.4, -0.2) is 60.8 Å². The number of hydrogen-bond donors (Lipinski definition) is 1. The van der Waals surface area contributed by atoms with E-state index < -0.39 is 0 Å². The molecule has 4 rings (SSSR count). The minimum Gasteiger partial charge on any atom is -0.355 e. The Labute approximate surface area is 190 Å². The normalized spacial score (nSPS) is 14.9. The van der Waals surface area contributed by atoms with Crippen LogP contribution in [0.25, 0.3) is 10.2 Å². The number of benzene rings is 2. The van der Waals surface area contributed by atoms with Crippen LogP contribution in [-0.2, 0) is 4.79 Å². The second-order valence-corrected chi connectivity index (χ2v) is 9.76. The molecule has 0 aliphatic carbocycles. The van der Waals surface area contributed by atoms with Crippen LogP contribution in [0.1, 0.15) is 6.42 Å². The Morgan fingerprint density at radius 2 is 1.90 bits per heavy atom. The number of nitrogens with zero attached hydrogens (tertiary/aromatic N) is 3. The Hall–Kier alpha value is -1.80. The third-order valence-electron chi connectivity index (χ3n) is 5.09. The van der Waals surface area contributed by atoms with Crippen LogP contribution in [0.3, 0.4) is 0 Å². The lowest BCUT2D eigenvalue weighted by Gasteiger charge is -2.34. The molecule has 2 aromatic carbocycles. The van der Waals surface area contributed by atoms with E-state index in [0.717, 1.165) is 53.8 Å². The van der Waals surface area contributed by atoms with Crippen molar-refractivity contribution in [1.82, 2.24) is 15.2 Å². The molecule has 0 radical (unpaired) electrons. The molecule has 8 heteroatoms. The lowest BCUT2D eigenvalue weighted by Crippen LogP contribution is -2.48. The number of thioether (sulfide) groups is 1. The van der Waals surface area contributed by atoms with E-state index in [4.69, 9.17) is 16.6 Å². The minimum absolute atomic E-state index is 0.128. The van der Waals surface area contributed by atoms with E-state index in [9.17, 15) is 4.79 Å². The highest BCUT2D eigenvalue weighted by Crippen LogP contribution is 2.33. The zero-order valence-electron chi connectivity index (χ0n) is 16.7. The van der Waals surface area contributed by atoms with Crippen LogP contribution in [0.2, 0.25) is 5.02 Å². The van der Waals surface area contributed by atoms with Gasteiger partial charge in [0.2, 0.25) is 5.91 Å². The lowest BCUT2D eigenvalue weighted by molar-refractivity contribution is -0.120. The molecule has 5 nitrogen and oxygen atoms in total. The van der Waals surface area contributed by atoms with Crippen molar-refractivity contribution in [3.8, 4) is 0 Å². The summed E-state index contributed by atoms with van der Waals surface area (Å²) in [6.45, 7) is 5.42. The summed E-state index contributed by atoms with van der Waals surface area (Å²) >= 11 is 9.68. The third-order valence-corrected chi connectivity index (χ3v) is 7.49. The van der Waals surface area contributed by atoms with Gasteiger partial charge in [-0.3, -0.25) is 9.69 Å². The number of para-hydroxylation sites is 1. The van der Waals surface area contributed by atoms with Crippen LogP contribution in [0.15, 0.2) is 53.4 Å². The van der Waals surface area contributed by atoms with Gasteiger partial charge < -0.3 is 10.2 Å². The van der Waals surface area contributed by atoms with E-state index >= 15 is 0 Å². The largest absolute Gasteiger partial charge is 0.355 e. The lowest BCUT2D eigenvalue weighted by atomic mass is 10.3. The molecule has 158 valence electrons. The molecule has 1 aromatic heterocycles. The zero-order chi connectivity index (χ0) is 20.8. The monoisotopic (exact) mass is 460 g/mol.